The number of hydrogen-bond acceptors (Lipinski definition) is 7. The summed E-state index contributed by atoms with van der Waals surface area (Å²) in [5.41, 5.74) is 0.195. The Labute approximate surface area is 164 Å². The van der Waals surface area contributed by atoms with Crippen LogP contribution < -0.4 is 4.90 Å². The van der Waals surface area contributed by atoms with Gasteiger partial charge >= 0.3 is 12.1 Å². The first kappa shape index (κ1) is 21.2. The van der Waals surface area contributed by atoms with Crippen LogP contribution in [0.2, 0.25) is 5.15 Å². The Kier molecular flexibility index (Phi) is 6.86. The average molecular weight is 399 g/mol. The van der Waals surface area contributed by atoms with E-state index in [4.69, 9.17) is 21.1 Å². The summed E-state index contributed by atoms with van der Waals surface area (Å²) in [4.78, 5) is 36.1. The van der Waals surface area contributed by atoms with Gasteiger partial charge in [0.2, 0.25) is 0 Å². The summed E-state index contributed by atoms with van der Waals surface area (Å²) in [6, 6.07) is 0. The van der Waals surface area contributed by atoms with Crippen LogP contribution in [0.5, 0.6) is 0 Å². The number of anilines is 1. The third-order valence-electron chi connectivity index (χ3n) is 4.24. The second-order valence-corrected chi connectivity index (χ2v) is 7.90. The van der Waals surface area contributed by atoms with Crippen LogP contribution in [0.3, 0.4) is 0 Å². The summed E-state index contributed by atoms with van der Waals surface area (Å²) in [7, 11) is 1.36. The van der Waals surface area contributed by atoms with Crippen LogP contribution in [0, 0.1) is 0 Å². The molecule has 2 rings (SSSR count). The van der Waals surface area contributed by atoms with Crippen LogP contribution in [0.1, 0.15) is 45.6 Å². The molecule has 0 saturated carbocycles. The largest absolute Gasteiger partial charge is 0.469 e. The zero-order valence-corrected chi connectivity index (χ0v) is 17.2. The summed E-state index contributed by atoms with van der Waals surface area (Å²) in [5, 5.41) is 0.325. The minimum Gasteiger partial charge on any atom is -0.469 e. The second kappa shape index (κ2) is 8.73. The number of nitrogens with zero attached hydrogens (tertiary/aromatic N) is 4. The number of esters is 1. The average Bonchev–Trinajstić information content (AvgIpc) is 2.59. The molecule has 1 aromatic heterocycles. The van der Waals surface area contributed by atoms with Crippen molar-refractivity contribution in [2.45, 2.75) is 45.6 Å². The topological polar surface area (TPSA) is 84.9 Å². The predicted molar refractivity (Wildman–Crippen MR) is 102 cm³/mol. The molecule has 1 amide bonds. The highest BCUT2D eigenvalue weighted by Gasteiger charge is 2.29. The summed E-state index contributed by atoms with van der Waals surface area (Å²) in [6.07, 6.45) is 1.28. The van der Waals surface area contributed by atoms with Crippen molar-refractivity contribution in [2.75, 3.05) is 38.2 Å². The first-order valence-corrected chi connectivity index (χ1v) is 9.30. The molecular formula is C18H27ClN4O4. The van der Waals surface area contributed by atoms with Crippen molar-refractivity contribution < 1.29 is 19.1 Å². The normalized spacial score (nSPS) is 16.1. The monoisotopic (exact) mass is 398 g/mol. The molecule has 0 aliphatic carbocycles. The van der Waals surface area contributed by atoms with Crippen molar-refractivity contribution in [2.24, 2.45) is 0 Å². The lowest BCUT2D eigenvalue weighted by atomic mass is 9.99. The molecule has 0 radical (unpaired) electrons. The molecule has 1 aromatic rings. The third-order valence-corrected chi connectivity index (χ3v) is 4.54. The first-order valence-electron chi connectivity index (χ1n) is 8.92. The quantitative estimate of drug-likeness (QED) is 0.569. The lowest BCUT2D eigenvalue weighted by Crippen LogP contribution is -2.50. The van der Waals surface area contributed by atoms with Crippen molar-refractivity contribution >= 4 is 29.5 Å². The number of aromatic nitrogens is 2. The Hall–Kier alpha value is -2.09. The van der Waals surface area contributed by atoms with Crippen molar-refractivity contribution in [3.05, 3.63) is 17.0 Å². The van der Waals surface area contributed by atoms with Gasteiger partial charge in [0.05, 0.1) is 13.5 Å². The first-order chi connectivity index (χ1) is 12.6. The molecule has 2 heterocycles. The Balaban J connectivity index is 2.11. The van der Waals surface area contributed by atoms with E-state index in [1.165, 1.54) is 13.4 Å². The number of carbonyl (C=O) groups excluding carboxylic acids is 2. The van der Waals surface area contributed by atoms with Gasteiger partial charge in [-0.2, -0.15) is 0 Å². The minimum atomic E-state index is -0.523. The second-order valence-electron chi connectivity index (χ2n) is 7.54. The summed E-state index contributed by atoms with van der Waals surface area (Å²) < 4.78 is 10.2. The van der Waals surface area contributed by atoms with E-state index < -0.39 is 5.60 Å². The number of ether oxygens (including phenoxy) is 2. The number of rotatable bonds is 4. The highest BCUT2D eigenvalue weighted by Crippen LogP contribution is 2.33. The molecule has 27 heavy (non-hydrogen) atoms. The van der Waals surface area contributed by atoms with Gasteiger partial charge in [0.1, 0.15) is 22.9 Å². The van der Waals surface area contributed by atoms with Crippen LogP contribution >= 0.6 is 11.6 Å². The number of methoxy groups -OCH3 is 1. The van der Waals surface area contributed by atoms with Gasteiger partial charge in [0.25, 0.3) is 0 Å². The predicted octanol–water partition coefficient (Wildman–Crippen LogP) is 2.85. The number of piperazine rings is 1. The van der Waals surface area contributed by atoms with E-state index in [1.54, 1.807) is 4.90 Å². The molecule has 1 fully saturated rings. The van der Waals surface area contributed by atoms with Gasteiger partial charge < -0.3 is 19.3 Å². The molecule has 9 heteroatoms. The highest BCUT2D eigenvalue weighted by molar-refractivity contribution is 6.30. The summed E-state index contributed by atoms with van der Waals surface area (Å²) in [6.45, 7) is 9.64. The zero-order chi connectivity index (χ0) is 20.2. The molecule has 1 aliphatic rings. The number of hydrogen-bond donors (Lipinski definition) is 0. The molecule has 1 saturated heterocycles. The van der Waals surface area contributed by atoms with Gasteiger partial charge in [-0.05, 0) is 26.7 Å². The number of carbonyl (C=O) groups is 2. The molecule has 150 valence electrons. The van der Waals surface area contributed by atoms with Gasteiger partial charge in [-0.3, -0.25) is 4.79 Å². The van der Waals surface area contributed by atoms with Crippen LogP contribution in [0.4, 0.5) is 10.6 Å². The standard InChI is InChI=1S/C18H27ClN4O4/c1-12(10-13(24)26-5)14-15(19)20-11-21-16(14)22-6-8-23(9-7-22)17(25)27-18(2,3)4/h11-12H,6-10H2,1-5H3. The van der Waals surface area contributed by atoms with Crippen LogP contribution in [-0.4, -0.2) is 65.8 Å². The number of halogens is 1. The Morgan fingerprint density at radius 1 is 1.22 bits per heavy atom. The third kappa shape index (κ3) is 5.69. The fourth-order valence-electron chi connectivity index (χ4n) is 2.90. The molecule has 0 bridgehead atoms. The molecule has 0 aromatic carbocycles. The van der Waals surface area contributed by atoms with Gasteiger partial charge in [0, 0.05) is 31.7 Å². The zero-order valence-electron chi connectivity index (χ0n) is 16.5. The Morgan fingerprint density at radius 2 is 1.85 bits per heavy atom. The van der Waals surface area contributed by atoms with Crippen molar-refractivity contribution in [3.63, 3.8) is 0 Å². The maximum Gasteiger partial charge on any atom is 0.410 e. The summed E-state index contributed by atoms with van der Waals surface area (Å²) in [5.74, 6) is 0.184. The molecule has 1 aliphatic heterocycles. The maximum atomic E-state index is 12.2. The lowest BCUT2D eigenvalue weighted by molar-refractivity contribution is -0.140. The van der Waals surface area contributed by atoms with Gasteiger partial charge in [-0.25, -0.2) is 14.8 Å². The summed E-state index contributed by atoms with van der Waals surface area (Å²) >= 11 is 6.31. The van der Waals surface area contributed by atoms with Gasteiger partial charge in [-0.1, -0.05) is 18.5 Å². The van der Waals surface area contributed by atoms with E-state index in [0.29, 0.717) is 37.1 Å². The molecule has 0 N–H and O–H groups in total. The fourth-order valence-corrected chi connectivity index (χ4v) is 3.22. The van der Waals surface area contributed by atoms with Crippen molar-refractivity contribution in [1.82, 2.24) is 14.9 Å². The molecule has 8 nitrogen and oxygen atoms in total. The van der Waals surface area contributed by atoms with Crippen LogP contribution in [-0.2, 0) is 14.3 Å². The van der Waals surface area contributed by atoms with Crippen molar-refractivity contribution in [3.8, 4) is 0 Å². The maximum absolute atomic E-state index is 12.2. The van der Waals surface area contributed by atoms with Crippen LogP contribution in [0.15, 0.2) is 6.33 Å². The smallest absolute Gasteiger partial charge is 0.410 e. The number of amides is 1. The van der Waals surface area contributed by atoms with Gasteiger partial charge in [0.15, 0.2) is 0 Å². The Bertz CT molecular complexity index is 684. The molecule has 0 spiro atoms. The lowest BCUT2D eigenvalue weighted by Gasteiger charge is -2.37. The Morgan fingerprint density at radius 3 is 2.41 bits per heavy atom. The molecule has 1 unspecified atom stereocenters. The van der Waals surface area contributed by atoms with Gasteiger partial charge in [-0.15, -0.1) is 0 Å². The van der Waals surface area contributed by atoms with E-state index in [2.05, 4.69) is 14.9 Å². The van der Waals surface area contributed by atoms with E-state index in [9.17, 15) is 9.59 Å². The molecule has 1 atom stereocenters. The van der Waals surface area contributed by atoms with E-state index in [0.717, 1.165) is 5.56 Å². The molecular weight excluding hydrogens is 372 g/mol. The van der Waals surface area contributed by atoms with E-state index in [1.807, 2.05) is 27.7 Å². The highest BCUT2D eigenvalue weighted by atomic mass is 35.5. The fraction of sp³-hybridized carbons (Fsp3) is 0.667. The minimum absolute atomic E-state index is 0.189. The van der Waals surface area contributed by atoms with Crippen LogP contribution in [0.25, 0.3) is 0 Å². The van der Waals surface area contributed by atoms with E-state index in [-0.39, 0.29) is 24.4 Å². The SMILES string of the molecule is COC(=O)CC(C)c1c(Cl)ncnc1N1CCN(C(=O)OC(C)(C)C)CC1. The van der Waals surface area contributed by atoms with E-state index >= 15 is 0 Å². The van der Waals surface area contributed by atoms with Crippen molar-refractivity contribution in [1.29, 1.82) is 0 Å².